The van der Waals surface area contributed by atoms with Gasteiger partial charge in [-0.05, 0) is 13.8 Å². The van der Waals surface area contributed by atoms with Gasteiger partial charge in [-0.2, -0.15) is 0 Å². The van der Waals surface area contributed by atoms with E-state index in [0.717, 1.165) is 0 Å². The third-order valence-electron chi connectivity index (χ3n) is 1.86. The van der Waals surface area contributed by atoms with E-state index in [9.17, 15) is 4.79 Å². The Labute approximate surface area is 87.9 Å². The lowest BCUT2D eigenvalue weighted by molar-refractivity contribution is 0.0697. The molecular weight excluding hydrogens is 194 g/mol. The standard InChI is InChI=1S/C10H13N3O2/c1-4-6(2)12-9-8(10(14)15)5-11-7(3)13-9/h4-6H,1H2,2-3H3,(H,14,15)(H,11,12,13). The van der Waals surface area contributed by atoms with Crippen LogP contribution in [0.4, 0.5) is 5.82 Å². The first-order valence-electron chi connectivity index (χ1n) is 4.50. The first-order valence-corrected chi connectivity index (χ1v) is 4.50. The van der Waals surface area contributed by atoms with Crippen LogP contribution in [0, 0.1) is 6.92 Å². The molecule has 0 saturated heterocycles. The van der Waals surface area contributed by atoms with Gasteiger partial charge in [-0.3, -0.25) is 0 Å². The van der Waals surface area contributed by atoms with Crippen LogP contribution in [0.3, 0.4) is 0 Å². The fourth-order valence-corrected chi connectivity index (χ4v) is 1.01. The Morgan fingerprint density at radius 1 is 1.73 bits per heavy atom. The minimum Gasteiger partial charge on any atom is -0.477 e. The molecule has 0 fully saturated rings. The highest BCUT2D eigenvalue weighted by Gasteiger charge is 2.13. The minimum absolute atomic E-state index is 0.0441. The normalized spacial score (nSPS) is 11.9. The zero-order chi connectivity index (χ0) is 11.4. The molecule has 80 valence electrons. The molecule has 0 aliphatic carbocycles. The van der Waals surface area contributed by atoms with Crippen molar-refractivity contribution in [3.05, 3.63) is 30.2 Å². The number of carboxylic acids is 1. The highest BCUT2D eigenvalue weighted by atomic mass is 16.4. The fourth-order valence-electron chi connectivity index (χ4n) is 1.01. The van der Waals surface area contributed by atoms with Crippen molar-refractivity contribution in [3.63, 3.8) is 0 Å². The highest BCUT2D eigenvalue weighted by molar-refractivity contribution is 5.92. The molecule has 1 rings (SSSR count). The van der Waals surface area contributed by atoms with Crippen LogP contribution in [0.25, 0.3) is 0 Å². The summed E-state index contributed by atoms with van der Waals surface area (Å²) in [5.41, 5.74) is 0.0642. The van der Waals surface area contributed by atoms with Crippen LogP contribution in [0.15, 0.2) is 18.9 Å². The molecule has 0 aliphatic rings. The fraction of sp³-hybridized carbons (Fsp3) is 0.300. The summed E-state index contributed by atoms with van der Waals surface area (Å²) in [7, 11) is 0. The predicted octanol–water partition coefficient (Wildman–Crippen LogP) is 1.47. The molecule has 5 nitrogen and oxygen atoms in total. The van der Waals surface area contributed by atoms with Gasteiger partial charge in [-0.1, -0.05) is 6.08 Å². The molecule has 5 heteroatoms. The average molecular weight is 207 g/mol. The predicted molar refractivity (Wildman–Crippen MR) is 57.0 cm³/mol. The second-order valence-electron chi connectivity index (χ2n) is 3.15. The lowest BCUT2D eigenvalue weighted by atomic mass is 10.2. The van der Waals surface area contributed by atoms with E-state index in [1.54, 1.807) is 13.0 Å². The van der Waals surface area contributed by atoms with Gasteiger partial charge in [-0.25, -0.2) is 14.8 Å². The number of anilines is 1. The van der Waals surface area contributed by atoms with Crippen LogP contribution in [-0.2, 0) is 0 Å². The van der Waals surface area contributed by atoms with E-state index >= 15 is 0 Å². The maximum absolute atomic E-state index is 10.9. The number of hydrogen-bond acceptors (Lipinski definition) is 4. The minimum atomic E-state index is -1.05. The van der Waals surface area contributed by atoms with Crippen molar-refractivity contribution < 1.29 is 9.90 Å². The zero-order valence-electron chi connectivity index (χ0n) is 8.69. The summed E-state index contributed by atoms with van der Waals surface area (Å²) >= 11 is 0. The Kier molecular flexibility index (Phi) is 3.38. The summed E-state index contributed by atoms with van der Waals surface area (Å²) < 4.78 is 0. The topological polar surface area (TPSA) is 75.1 Å². The zero-order valence-corrected chi connectivity index (χ0v) is 8.69. The molecule has 0 bridgehead atoms. The number of hydrogen-bond donors (Lipinski definition) is 2. The van der Waals surface area contributed by atoms with Crippen LogP contribution >= 0.6 is 0 Å². The maximum Gasteiger partial charge on any atom is 0.341 e. The monoisotopic (exact) mass is 207 g/mol. The Hall–Kier alpha value is -1.91. The van der Waals surface area contributed by atoms with Crippen molar-refractivity contribution in [2.45, 2.75) is 19.9 Å². The van der Waals surface area contributed by atoms with Crippen molar-refractivity contribution in [2.24, 2.45) is 0 Å². The molecule has 0 aromatic carbocycles. The number of carboxylic acid groups (broad SMARTS) is 1. The van der Waals surface area contributed by atoms with Crippen LogP contribution in [0.5, 0.6) is 0 Å². The molecule has 0 spiro atoms. The first-order chi connectivity index (χ1) is 7.04. The lowest BCUT2D eigenvalue weighted by Gasteiger charge is -2.12. The quantitative estimate of drug-likeness (QED) is 0.731. The van der Waals surface area contributed by atoms with Crippen LogP contribution in [0.2, 0.25) is 0 Å². The van der Waals surface area contributed by atoms with E-state index in [2.05, 4.69) is 21.9 Å². The summed E-state index contributed by atoms with van der Waals surface area (Å²) in [5, 5.41) is 11.8. The Balaban J connectivity index is 3.07. The van der Waals surface area contributed by atoms with Crippen molar-refractivity contribution >= 4 is 11.8 Å². The molecular formula is C10H13N3O2. The van der Waals surface area contributed by atoms with Gasteiger partial charge < -0.3 is 10.4 Å². The van der Waals surface area contributed by atoms with Crippen molar-refractivity contribution in [1.82, 2.24) is 9.97 Å². The van der Waals surface area contributed by atoms with E-state index < -0.39 is 5.97 Å². The van der Waals surface area contributed by atoms with Crippen molar-refractivity contribution in [2.75, 3.05) is 5.32 Å². The molecule has 1 aromatic rings. The summed E-state index contributed by atoms with van der Waals surface area (Å²) in [4.78, 5) is 18.7. The SMILES string of the molecule is C=CC(C)Nc1nc(C)ncc1C(=O)O. The van der Waals surface area contributed by atoms with Gasteiger partial charge in [-0.15, -0.1) is 6.58 Å². The molecule has 0 aliphatic heterocycles. The number of rotatable bonds is 4. The number of aromatic carboxylic acids is 1. The van der Waals surface area contributed by atoms with Gasteiger partial charge in [0.05, 0.1) is 0 Å². The molecule has 0 saturated carbocycles. The molecule has 1 unspecified atom stereocenters. The third kappa shape index (κ3) is 2.77. The highest BCUT2D eigenvalue weighted by Crippen LogP contribution is 2.12. The second kappa shape index (κ2) is 4.54. The van der Waals surface area contributed by atoms with E-state index in [-0.39, 0.29) is 11.6 Å². The van der Waals surface area contributed by atoms with E-state index in [4.69, 9.17) is 5.11 Å². The molecule has 1 atom stereocenters. The van der Waals surface area contributed by atoms with E-state index in [1.165, 1.54) is 6.20 Å². The average Bonchev–Trinajstić information content (AvgIpc) is 2.17. The smallest absolute Gasteiger partial charge is 0.341 e. The number of carbonyl (C=O) groups is 1. The third-order valence-corrected chi connectivity index (χ3v) is 1.86. The van der Waals surface area contributed by atoms with E-state index in [0.29, 0.717) is 11.6 Å². The maximum atomic E-state index is 10.9. The van der Waals surface area contributed by atoms with E-state index in [1.807, 2.05) is 6.92 Å². The largest absolute Gasteiger partial charge is 0.477 e. The molecule has 2 N–H and O–H groups in total. The van der Waals surface area contributed by atoms with Gasteiger partial charge in [0.2, 0.25) is 0 Å². The molecule has 0 radical (unpaired) electrons. The van der Waals surface area contributed by atoms with Crippen LogP contribution in [0.1, 0.15) is 23.1 Å². The van der Waals surface area contributed by atoms with Crippen LogP contribution < -0.4 is 5.32 Å². The van der Waals surface area contributed by atoms with Gasteiger partial charge in [0.15, 0.2) is 0 Å². The summed E-state index contributed by atoms with van der Waals surface area (Å²) in [6.45, 7) is 7.16. The van der Waals surface area contributed by atoms with Gasteiger partial charge >= 0.3 is 5.97 Å². The summed E-state index contributed by atoms with van der Waals surface area (Å²) in [5.74, 6) is -0.199. The Bertz CT molecular complexity index is 390. The molecule has 1 aromatic heterocycles. The number of nitrogens with zero attached hydrogens (tertiary/aromatic N) is 2. The number of aromatic nitrogens is 2. The van der Waals surface area contributed by atoms with Gasteiger partial charge in [0, 0.05) is 12.2 Å². The molecule has 15 heavy (non-hydrogen) atoms. The number of aryl methyl sites for hydroxylation is 1. The van der Waals surface area contributed by atoms with Gasteiger partial charge in [0.1, 0.15) is 17.2 Å². The summed E-state index contributed by atoms with van der Waals surface area (Å²) in [6, 6.07) is -0.0441. The van der Waals surface area contributed by atoms with Gasteiger partial charge in [0.25, 0.3) is 0 Å². The van der Waals surface area contributed by atoms with Crippen molar-refractivity contribution in [1.29, 1.82) is 0 Å². The molecule has 1 heterocycles. The van der Waals surface area contributed by atoms with Crippen LogP contribution in [-0.4, -0.2) is 27.1 Å². The number of nitrogens with one attached hydrogen (secondary N) is 1. The second-order valence-corrected chi connectivity index (χ2v) is 3.15. The Morgan fingerprint density at radius 3 is 2.93 bits per heavy atom. The Morgan fingerprint density at radius 2 is 2.40 bits per heavy atom. The summed E-state index contributed by atoms with van der Waals surface area (Å²) in [6.07, 6.45) is 2.96. The molecule has 0 amide bonds. The lowest BCUT2D eigenvalue weighted by Crippen LogP contribution is -2.16. The van der Waals surface area contributed by atoms with Crippen molar-refractivity contribution in [3.8, 4) is 0 Å². The first kappa shape index (κ1) is 11.2.